The Balaban J connectivity index is 1.58. The monoisotopic (exact) mass is 390 g/mol. The second-order valence-corrected chi connectivity index (χ2v) is 8.30. The van der Waals surface area contributed by atoms with Crippen molar-refractivity contribution in [3.05, 3.63) is 77.6 Å². The van der Waals surface area contributed by atoms with Gasteiger partial charge in [0.25, 0.3) is 0 Å². The first-order valence-corrected chi connectivity index (χ1v) is 9.70. The van der Waals surface area contributed by atoms with Crippen LogP contribution in [-0.2, 0) is 17.6 Å². The van der Waals surface area contributed by atoms with Crippen molar-refractivity contribution < 1.29 is 9.18 Å². The molecule has 3 aromatic rings. The number of nitrogens with zero attached hydrogens (tertiary/aromatic N) is 3. The van der Waals surface area contributed by atoms with Crippen LogP contribution in [0.25, 0.3) is 11.4 Å². The van der Waals surface area contributed by atoms with Crippen molar-refractivity contribution in [2.24, 2.45) is 5.41 Å². The fourth-order valence-corrected chi connectivity index (χ4v) is 3.89. The Kier molecular flexibility index (Phi) is 5.09. The van der Waals surface area contributed by atoms with E-state index in [2.05, 4.69) is 29.1 Å². The number of hydrogen-bond acceptors (Lipinski definition) is 4. The van der Waals surface area contributed by atoms with Gasteiger partial charge in [0.2, 0.25) is 5.91 Å². The van der Waals surface area contributed by atoms with Crippen LogP contribution in [0.5, 0.6) is 0 Å². The molecule has 4 rings (SSSR count). The Hall–Kier alpha value is -3.15. The average molecular weight is 390 g/mol. The first-order chi connectivity index (χ1) is 13.9. The van der Waals surface area contributed by atoms with E-state index in [0.29, 0.717) is 11.4 Å². The lowest BCUT2D eigenvalue weighted by Gasteiger charge is -2.36. The van der Waals surface area contributed by atoms with Gasteiger partial charge in [-0.25, -0.2) is 14.4 Å². The van der Waals surface area contributed by atoms with Crippen molar-refractivity contribution in [1.82, 2.24) is 20.3 Å². The van der Waals surface area contributed by atoms with Gasteiger partial charge >= 0.3 is 0 Å². The zero-order chi connectivity index (χ0) is 20.4. The van der Waals surface area contributed by atoms with Crippen molar-refractivity contribution in [3.8, 4) is 11.4 Å². The summed E-state index contributed by atoms with van der Waals surface area (Å²) in [6.45, 7) is 4.35. The minimum absolute atomic E-state index is 0.00628. The van der Waals surface area contributed by atoms with Gasteiger partial charge in [-0.15, -0.1) is 0 Å². The molecule has 1 aliphatic carbocycles. The summed E-state index contributed by atoms with van der Waals surface area (Å²) >= 11 is 0. The van der Waals surface area contributed by atoms with Gasteiger partial charge in [0.05, 0.1) is 18.2 Å². The number of hydrogen-bond donors (Lipinski definition) is 1. The Bertz CT molecular complexity index is 1040. The van der Waals surface area contributed by atoms with Crippen molar-refractivity contribution in [2.45, 2.75) is 39.2 Å². The Morgan fingerprint density at radius 1 is 1.24 bits per heavy atom. The predicted octanol–water partition coefficient (Wildman–Crippen LogP) is 4.05. The van der Waals surface area contributed by atoms with Crippen LogP contribution < -0.4 is 5.32 Å². The minimum Gasteiger partial charge on any atom is -0.349 e. The van der Waals surface area contributed by atoms with Crippen LogP contribution in [0.1, 0.15) is 43.1 Å². The Morgan fingerprint density at radius 2 is 2.03 bits per heavy atom. The zero-order valence-corrected chi connectivity index (χ0v) is 16.5. The summed E-state index contributed by atoms with van der Waals surface area (Å²) in [6, 6.07) is 9.74. The molecule has 0 aliphatic heterocycles. The van der Waals surface area contributed by atoms with Gasteiger partial charge in [0.1, 0.15) is 5.82 Å². The van der Waals surface area contributed by atoms with Gasteiger partial charge < -0.3 is 5.32 Å². The van der Waals surface area contributed by atoms with Gasteiger partial charge in [-0.05, 0) is 48.1 Å². The van der Waals surface area contributed by atoms with Gasteiger partial charge in [0, 0.05) is 29.7 Å². The Labute approximate surface area is 169 Å². The normalized spacial score (nSPS) is 17.4. The zero-order valence-electron chi connectivity index (χ0n) is 16.5. The van der Waals surface area contributed by atoms with Crippen LogP contribution >= 0.6 is 0 Å². The highest BCUT2D eigenvalue weighted by atomic mass is 19.1. The second kappa shape index (κ2) is 7.70. The van der Waals surface area contributed by atoms with Crippen LogP contribution in [0.3, 0.4) is 0 Å². The van der Waals surface area contributed by atoms with Crippen LogP contribution in [0.2, 0.25) is 0 Å². The van der Waals surface area contributed by atoms with E-state index in [0.717, 1.165) is 29.7 Å². The fourth-order valence-electron chi connectivity index (χ4n) is 3.89. The molecule has 2 aromatic heterocycles. The van der Waals surface area contributed by atoms with Crippen molar-refractivity contribution >= 4 is 5.91 Å². The number of fused-ring (bicyclic) bond motifs is 1. The molecule has 148 valence electrons. The minimum atomic E-state index is -0.337. The number of rotatable bonds is 4. The molecule has 1 unspecified atom stereocenters. The lowest BCUT2D eigenvalue weighted by atomic mass is 9.74. The van der Waals surface area contributed by atoms with Gasteiger partial charge in [-0.3, -0.25) is 9.78 Å². The fraction of sp³-hybridized carbons (Fsp3) is 0.304. The van der Waals surface area contributed by atoms with E-state index in [-0.39, 0.29) is 29.6 Å². The van der Waals surface area contributed by atoms with E-state index in [9.17, 15) is 9.18 Å². The van der Waals surface area contributed by atoms with E-state index in [1.807, 2.05) is 18.3 Å². The molecule has 0 bridgehead atoms. The third-order valence-electron chi connectivity index (χ3n) is 5.21. The van der Waals surface area contributed by atoms with Crippen molar-refractivity contribution in [3.63, 3.8) is 0 Å². The first kappa shape index (κ1) is 19.2. The molecule has 1 N–H and O–H groups in total. The maximum Gasteiger partial charge on any atom is 0.224 e. The number of nitrogens with one attached hydrogen (secondary N) is 1. The number of aromatic nitrogens is 3. The molecule has 29 heavy (non-hydrogen) atoms. The smallest absolute Gasteiger partial charge is 0.224 e. The standard InChI is InChI=1S/C23H23FN4O/c1-23(2)12-19(27-21(29)11-15-4-3-5-17(24)10-15)18-14-26-22(28-20(18)13-23)16-6-8-25-9-7-16/h3-10,14,19H,11-13H2,1-2H3,(H,27,29). The molecule has 1 atom stereocenters. The molecule has 0 saturated heterocycles. The second-order valence-electron chi connectivity index (χ2n) is 8.30. The van der Waals surface area contributed by atoms with Crippen LogP contribution in [0.15, 0.2) is 55.0 Å². The molecule has 0 fully saturated rings. The number of pyridine rings is 1. The molecule has 6 heteroatoms. The molecule has 5 nitrogen and oxygen atoms in total. The molecule has 1 aromatic carbocycles. The van der Waals surface area contributed by atoms with Crippen molar-refractivity contribution in [1.29, 1.82) is 0 Å². The third-order valence-corrected chi connectivity index (χ3v) is 5.21. The molecule has 2 heterocycles. The van der Waals surface area contributed by atoms with Crippen molar-refractivity contribution in [2.75, 3.05) is 0 Å². The SMILES string of the molecule is CC1(C)Cc2nc(-c3ccncc3)ncc2C(NC(=O)Cc2cccc(F)c2)C1. The molecule has 1 aliphatic rings. The molecule has 0 radical (unpaired) electrons. The number of carbonyl (C=O) groups is 1. The number of benzene rings is 1. The van der Waals surface area contributed by atoms with E-state index < -0.39 is 0 Å². The summed E-state index contributed by atoms with van der Waals surface area (Å²) in [5.41, 5.74) is 3.47. The average Bonchev–Trinajstić information content (AvgIpc) is 2.67. The highest BCUT2D eigenvalue weighted by Gasteiger charge is 2.34. The van der Waals surface area contributed by atoms with Gasteiger partial charge in [0.15, 0.2) is 5.82 Å². The van der Waals surface area contributed by atoms with Crippen LogP contribution in [-0.4, -0.2) is 20.9 Å². The highest BCUT2D eigenvalue weighted by Crippen LogP contribution is 2.40. The van der Waals surface area contributed by atoms with E-state index in [1.54, 1.807) is 24.5 Å². The third kappa shape index (κ3) is 4.47. The van der Waals surface area contributed by atoms with E-state index in [4.69, 9.17) is 4.98 Å². The summed E-state index contributed by atoms with van der Waals surface area (Å²) in [7, 11) is 0. The maximum absolute atomic E-state index is 13.4. The van der Waals surface area contributed by atoms with Gasteiger partial charge in [-0.2, -0.15) is 0 Å². The lowest BCUT2D eigenvalue weighted by molar-refractivity contribution is -0.121. The summed E-state index contributed by atoms with van der Waals surface area (Å²) in [6.07, 6.45) is 7.02. The maximum atomic E-state index is 13.4. The summed E-state index contributed by atoms with van der Waals surface area (Å²) in [5.74, 6) is 0.188. The lowest BCUT2D eigenvalue weighted by Crippen LogP contribution is -2.37. The van der Waals surface area contributed by atoms with Crippen LogP contribution in [0, 0.1) is 11.2 Å². The van der Waals surface area contributed by atoms with E-state index in [1.165, 1.54) is 12.1 Å². The number of halogens is 1. The molecule has 0 spiro atoms. The molecular formula is C23H23FN4O. The highest BCUT2D eigenvalue weighted by molar-refractivity contribution is 5.79. The van der Waals surface area contributed by atoms with Crippen LogP contribution in [0.4, 0.5) is 4.39 Å². The Morgan fingerprint density at radius 3 is 2.79 bits per heavy atom. The number of amides is 1. The summed E-state index contributed by atoms with van der Waals surface area (Å²) < 4.78 is 13.4. The quantitative estimate of drug-likeness (QED) is 0.730. The first-order valence-electron chi connectivity index (χ1n) is 9.70. The van der Waals surface area contributed by atoms with Gasteiger partial charge in [-0.1, -0.05) is 26.0 Å². The molecule has 1 amide bonds. The predicted molar refractivity (Wildman–Crippen MR) is 108 cm³/mol. The van der Waals surface area contributed by atoms with E-state index >= 15 is 0 Å². The summed E-state index contributed by atoms with van der Waals surface area (Å²) in [4.78, 5) is 26.0. The topological polar surface area (TPSA) is 67.8 Å². The molecular weight excluding hydrogens is 367 g/mol. The largest absolute Gasteiger partial charge is 0.349 e. The number of carbonyl (C=O) groups excluding carboxylic acids is 1. The summed E-state index contributed by atoms with van der Waals surface area (Å²) in [5, 5.41) is 3.11. The molecule has 0 saturated carbocycles.